The van der Waals surface area contributed by atoms with Gasteiger partial charge in [0, 0.05) is 37.1 Å². The summed E-state index contributed by atoms with van der Waals surface area (Å²) in [7, 11) is 1.97. The van der Waals surface area contributed by atoms with E-state index in [2.05, 4.69) is 48.2 Å². The number of benzene rings is 1. The first-order chi connectivity index (χ1) is 10.7. The Morgan fingerprint density at radius 1 is 1.14 bits per heavy atom. The zero-order valence-electron chi connectivity index (χ0n) is 14.0. The summed E-state index contributed by atoms with van der Waals surface area (Å²) in [4.78, 5) is 2.65. The highest BCUT2D eigenvalue weighted by molar-refractivity contribution is 5.70. The van der Waals surface area contributed by atoms with Crippen LogP contribution in [-0.4, -0.2) is 22.4 Å². The van der Waals surface area contributed by atoms with Crippen LogP contribution in [0.3, 0.4) is 0 Å². The summed E-state index contributed by atoms with van der Waals surface area (Å²) in [6.07, 6.45) is 10.4. The molecule has 0 saturated heterocycles. The van der Waals surface area contributed by atoms with E-state index in [1.807, 2.05) is 17.9 Å². The van der Waals surface area contributed by atoms with E-state index >= 15 is 0 Å². The Bertz CT molecular complexity index is 623. The maximum absolute atomic E-state index is 4.28. The molecule has 22 heavy (non-hydrogen) atoms. The van der Waals surface area contributed by atoms with Gasteiger partial charge in [-0.1, -0.05) is 32.8 Å². The van der Waals surface area contributed by atoms with Crippen LogP contribution < -0.4 is 4.90 Å². The lowest BCUT2D eigenvalue weighted by atomic mass is 10.0. The third-order valence-electron chi connectivity index (χ3n) is 4.73. The third-order valence-corrected chi connectivity index (χ3v) is 4.73. The fraction of sp³-hybridized carbons (Fsp3) is 0.526. The topological polar surface area (TPSA) is 21.1 Å². The van der Waals surface area contributed by atoms with Crippen LogP contribution in [-0.2, 0) is 13.5 Å². The minimum Gasteiger partial charge on any atom is -0.368 e. The SMILES string of the molecule is CCCC(CCC)N1CCc2cc(-c3cnn(C)c3)ccc21. The van der Waals surface area contributed by atoms with Crippen LogP contribution in [0.1, 0.15) is 45.1 Å². The predicted octanol–water partition coefficient (Wildman–Crippen LogP) is 4.42. The quantitative estimate of drug-likeness (QED) is 0.787. The van der Waals surface area contributed by atoms with Crippen molar-refractivity contribution in [3.05, 3.63) is 36.2 Å². The Balaban J connectivity index is 1.86. The molecule has 0 bridgehead atoms. The number of fused-ring (bicyclic) bond motifs is 1. The number of rotatable bonds is 6. The molecular formula is C19H27N3. The summed E-state index contributed by atoms with van der Waals surface area (Å²) in [6.45, 7) is 5.77. The zero-order chi connectivity index (χ0) is 15.5. The highest BCUT2D eigenvalue weighted by atomic mass is 15.2. The number of hydrogen-bond acceptors (Lipinski definition) is 2. The highest BCUT2D eigenvalue weighted by Gasteiger charge is 2.25. The van der Waals surface area contributed by atoms with Crippen molar-refractivity contribution < 1.29 is 0 Å². The molecule has 0 amide bonds. The molecule has 0 aliphatic carbocycles. The molecule has 1 aliphatic heterocycles. The van der Waals surface area contributed by atoms with Crippen molar-refractivity contribution in [3.63, 3.8) is 0 Å². The van der Waals surface area contributed by atoms with Gasteiger partial charge in [-0.25, -0.2) is 0 Å². The van der Waals surface area contributed by atoms with Crippen molar-refractivity contribution >= 4 is 5.69 Å². The van der Waals surface area contributed by atoms with Crippen LogP contribution in [0.15, 0.2) is 30.6 Å². The summed E-state index contributed by atoms with van der Waals surface area (Å²) >= 11 is 0. The molecule has 3 nitrogen and oxygen atoms in total. The lowest BCUT2D eigenvalue weighted by Gasteiger charge is -2.30. The minimum atomic E-state index is 0.709. The molecule has 118 valence electrons. The van der Waals surface area contributed by atoms with Gasteiger partial charge in [0.2, 0.25) is 0 Å². The van der Waals surface area contributed by atoms with E-state index in [9.17, 15) is 0 Å². The van der Waals surface area contributed by atoms with Gasteiger partial charge in [0.15, 0.2) is 0 Å². The third kappa shape index (κ3) is 2.90. The van der Waals surface area contributed by atoms with Crippen molar-refractivity contribution in [1.29, 1.82) is 0 Å². The Labute approximate surface area is 133 Å². The molecule has 0 atom stereocenters. The molecule has 2 heterocycles. The summed E-state index contributed by atoms with van der Waals surface area (Å²) < 4.78 is 1.87. The number of nitrogens with zero attached hydrogens (tertiary/aromatic N) is 3. The van der Waals surface area contributed by atoms with Crippen molar-refractivity contribution in [2.24, 2.45) is 7.05 Å². The molecule has 1 aromatic carbocycles. The van der Waals surface area contributed by atoms with Gasteiger partial charge in [-0.3, -0.25) is 4.68 Å². The molecule has 0 unspecified atom stereocenters. The van der Waals surface area contributed by atoms with E-state index in [4.69, 9.17) is 0 Å². The molecule has 3 heteroatoms. The number of aromatic nitrogens is 2. The highest BCUT2D eigenvalue weighted by Crippen LogP contribution is 2.35. The monoisotopic (exact) mass is 297 g/mol. The van der Waals surface area contributed by atoms with Crippen LogP contribution in [0, 0.1) is 0 Å². The molecule has 0 saturated carbocycles. The van der Waals surface area contributed by atoms with Crippen LogP contribution in [0.4, 0.5) is 5.69 Å². The molecule has 1 aliphatic rings. The first-order valence-electron chi connectivity index (χ1n) is 8.61. The van der Waals surface area contributed by atoms with Gasteiger partial charge in [0.05, 0.1) is 6.20 Å². The van der Waals surface area contributed by atoms with Gasteiger partial charge >= 0.3 is 0 Å². The van der Waals surface area contributed by atoms with Gasteiger partial charge in [-0.2, -0.15) is 5.10 Å². The van der Waals surface area contributed by atoms with Gasteiger partial charge in [-0.15, -0.1) is 0 Å². The summed E-state index contributed by atoms with van der Waals surface area (Å²) in [5, 5.41) is 4.28. The van der Waals surface area contributed by atoms with Crippen LogP contribution in [0.2, 0.25) is 0 Å². The number of aryl methyl sites for hydroxylation is 1. The van der Waals surface area contributed by atoms with E-state index in [1.54, 1.807) is 0 Å². The summed E-state index contributed by atoms with van der Waals surface area (Å²) in [5.41, 5.74) is 5.46. The maximum atomic E-state index is 4.28. The lowest BCUT2D eigenvalue weighted by molar-refractivity contribution is 0.514. The molecule has 3 rings (SSSR count). The average Bonchev–Trinajstić information content (AvgIpc) is 3.12. The van der Waals surface area contributed by atoms with E-state index in [-0.39, 0.29) is 0 Å². The van der Waals surface area contributed by atoms with Crippen LogP contribution >= 0.6 is 0 Å². The molecule has 0 radical (unpaired) electrons. The average molecular weight is 297 g/mol. The predicted molar refractivity (Wildman–Crippen MR) is 93.3 cm³/mol. The van der Waals surface area contributed by atoms with E-state index < -0.39 is 0 Å². The Kier molecular flexibility index (Phi) is 4.51. The Morgan fingerprint density at radius 3 is 2.55 bits per heavy atom. The summed E-state index contributed by atoms with van der Waals surface area (Å²) in [5.74, 6) is 0. The minimum absolute atomic E-state index is 0.709. The van der Waals surface area contributed by atoms with E-state index in [0.29, 0.717) is 6.04 Å². The fourth-order valence-corrected chi connectivity index (χ4v) is 3.68. The largest absolute Gasteiger partial charge is 0.368 e. The second-order valence-electron chi connectivity index (χ2n) is 6.42. The van der Waals surface area contributed by atoms with Gasteiger partial charge in [0.1, 0.15) is 0 Å². The first kappa shape index (κ1) is 15.1. The van der Waals surface area contributed by atoms with Gasteiger partial charge < -0.3 is 4.90 Å². The fourth-order valence-electron chi connectivity index (χ4n) is 3.68. The van der Waals surface area contributed by atoms with E-state index in [1.165, 1.54) is 61.0 Å². The molecule has 0 spiro atoms. The van der Waals surface area contributed by atoms with Gasteiger partial charge in [-0.05, 0) is 42.5 Å². The first-order valence-corrected chi connectivity index (χ1v) is 8.61. The zero-order valence-corrected chi connectivity index (χ0v) is 14.0. The van der Waals surface area contributed by atoms with Crippen molar-refractivity contribution in [1.82, 2.24) is 9.78 Å². The second-order valence-corrected chi connectivity index (χ2v) is 6.42. The molecule has 0 N–H and O–H groups in total. The number of anilines is 1. The molecule has 0 fully saturated rings. The Hall–Kier alpha value is -1.77. The smallest absolute Gasteiger partial charge is 0.0568 e. The lowest BCUT2D eigenvalue weighted by Crippen LogP contribution is -2.33. The number of hydrogen-bond donors (Lipinski definition) is 0. The second kappa shape index (κ2) is 6.55. The van der Waals surface area contributed by atoms with Crippen LogP contribution in [0.25, 0.3) is 11.1 Å². The van der Waals surface area contributed by atoms with Crippen molar-refractivity contribution in [3.8, 4) is 11.1 Å². The normalized spacial score (nSPS) is 13.9. The van der Waals surface area contributed by atoms with Crippen molar-refractivity contribution in [2.45, 2.75) is 52.0 Å². The molecule has 2 aromatic rings. The standard InChI is InChI=1S/C19H27N3/c1-4-6-18(7-5-2)22-11-10-16-12-15(8-9-19(16)22)17-13-20-21(3)14-17/h8-9,12-14,18H,4-7,10-11H2,1-3H3. The maximum Gasteiger partial charge on any atom is 0.0568 e. The van der Waals surface area contributed by atoms with Gasteiger partial charge in [0.25, 0.3) is 0 Å². The molecular weight excluding hydrogens is 270 g/mol. The molecule has 1 aromatic heterocycles. The van der Waals surface area contributed by atoms with E-state index in [0.717, 1.165) is 0 Å². The summed E-state index contributed by atoms with van der Waals surface area (Å²) in [6, 6.07) is 7.65. The van der Waals surface area contributed by atoms with Crippen LogP contribution in [0.5, 0.6) is 0 Å². The van der Waals surface area contributed by atoms with Crippen molar-refractivity contribution in [2.75, 3.05) is 11.4 Å². The Morgan fingerprint density at radius 2 is 1.91 bits per heavy atom.